The predicted molar refractivity (Wildman–Crippen MR) is 87.3 cm³/mol. The van der Waals surface area contributed by atoms with Crippen molar-refractivity contribution in [3.63, 3.8) is 0 Å². The minimum Gasteiger partial charge on any atom is -0.353 e. The molecular formula is C18H28N2O. The van der Waals surface area contributed by atoms with E-state index >= 15 is 0 Å². The predicted octanol–water partition coefficient (Wildman–Crippen LogP) is 3.22. The fourth-order valence-corrected chi connectivity index (χ4v) is 3.24. The van der Waals surface area contributed by atoms with E-state index in [2.05, 4.69) is 41.0 Å². The zero-order valence-corrected chi connectivity index (χ0v) is 13.4. The molecule has 1 amide bonds. The molecule has 1 aromatic carbocycles. The molecule has 3 nitrogen and oxygen atoms in total. The molecule has 1 saturated carbocycles. The van der Waals surface area contributed by atoms with Gasteiger partial charge in [-0.25, -0.2) is 0 Å². The summed E-state index contributed by atoms with van der Waals surface area (Å²) in [6, 6.07) is 11.2. The summed E-state index contributed by atoms with van der Waals surface area (Å²) in [6.07, 6.45) is 4.89. The van der Waals surface area contributed by atoms with Crippen molar-refractivity contribution in [2.45, 2.75) is 70.5 Å². The van der Waals surface area contributed by atoms with Gasteiger partial charge in [0.05, 0.1) is 6.04 Å². The van der Waals surface area contributed by atoms with Gasteiger partial charge in [0.1, 0.15) is 0 Å². The lowest BCUT2D eigenvalue weighted by atomic mass is 9.79. The standard InChI is InChI=1S/C18H28N2O/c1-13(2)19-18(21)14(3)20-17-12-8-7-11-16(17)15-9-5-4-6-10-15/h4-6,9-10,13-14,16-17,20H,7-8,11-12H2,1-3H3,(H,19,21). The molecule has 0 aliphatic heterocycles. The molecule has 3 unspecified atom stereocenters. The summed E-state index contributed by atoms with van der Waals surface area (Å²) in [4.78, 5) is 12.1. The lowest BCUT2D eigenvalue weighted by Crippen LogP contribution is -2.50. The Morgan fingerprint density at radius 3 is 2.43 bits per heavy atom. The van der Waals surface area contributed by atoms with Gasteiger partial charge in [-0.1, -0.05) is 43.2 Å². The zero-order valence-electron chi connectivity index (χ0n) is 13.4. The lowest BCUT2D eigenvalue weighted by Gasteiger charge is -2.34. The van der Waals surface area contributed by atoms with Crippen LogP contribution in [-0.2, 0) is 4.79 Å². The maximum atomic E-state index is 12.1. The van der Waals surface area contributed by atoms with E-state index in [4.69, 9.17) is 0 Å². The average molecular weight is 288 g/mol. The van der Waals surface area contributed by atoms with Crippen molar-refractivity contribution < 1.29 is 4.79 Å². The number of amides is 1. The van der Waals surface area contributed by atoms with Gasteiger partial charge in [-0.15, -0.1) is 0 Å². The Bertz CT molecular complexity index is 444. The van der Waals surface area contributed by atoms with Crippen LogP contribution in [-0.4, -0.2) is 24.0 Å². The molecule has 21 heavy (non-hydrogen) atoms. The van der Waals surface area contributed by atoms with Gasteiger partial charge in [-0.2, -0.15) is 0 Å². The van der Waals surface area contributed by atoms with Crippen LogP contribution < -0.4 is 10.6 Å². The molecule has 3 heteroatoms. The maximum Gasteiger partial charge on any atom is 0.237 e. The molecular weight excluding hydrogens is 260 g/mol. The number of hydrogen-bond acceptors (Lipinski definition) is 2. The largest absolute Gasteiger partial charge is 0.353 e. The quantitative estimate of drug-likeness (QED) is 0.873. The highest BCUT2D eigenvalue weighted by molar-refractivity contribution is 5.81. The Labute approximate surface area is 128 Å². The van der Waals surface area contributed by atoms with E-state index in [9.17, 15) is 4.79 Å². The lowest BCUT2D eigenvalue weighted by molar-refractivity contribution is -0.123. The van der Waals surface area contributed by atoms with Crippen molar-refractivity contribution in [3.8, 4) is 0 Å². The van der Waals surface area contributed by atoms with E-state index in [1.165, 1.54) is 24.8 Å². The molecule has 2 rings (SSSR count). The van der Waals surface area contributed by atoms with Crippen molar-refractivity contribution >= 4 is 5.91 Å². The van der Waals surface area contributed by atoms with Crippen LogP contribution in [0.5, 0.6) is 0 Å². The van der Waals surface area contributed by atoms with Gasteiger partial charge in [0, 0.05) is 12.1 Å². The molecule has 1 aromatic rings. The van der Waals surface area contributed by atoms with E-state index in [0.29, 0.717) is 12.0 Å². The SMILES string of the molecule is CC(C)NC(=O)C(C)NC1CCCCC1c1ccccc1. The summed E-state index contributed by atoms with van der Waals surface area (Å²) in [7, 11) is 0. The summed E-state index contributed by atoms with van der Waals surface area (Å²) in [5.41, 5.74) is 1.39. The number of carbonyl (C=O) groups is 1. The topological polar surface area (TPSA) is 41.1 Å². The first-order valence-corrected chi connectivity index (χ1v) is 8.19. The van der Waals surface area contributed by atoms with E-state index in [-0.39, 0.29) is 18.0 Å². The second-order valence-corrected chi connectivity index (χ2v) is 6.46. The normalized spacial score (nSPS) is 23.8. The van der Waals surface area contributed by atoms with Crippen molar-refractivity contribution in [2.75, 3.05) is 0 Å². The van der Waals surface area contributed by atoms with Crippen LogP contribution in [0.1, 0.15) is 57.9 Å². The highest BCUT2D eigenvalue weighted by atomic mass is 16.2. The summed E-state index contributed by atoms with van der Waals surface area (Å²) in [6.45, 7) is 5.96. The summed E-state index contributed by atoms with van der Waals surface area (Å²) in [5, 5.41) is 6.55. The molecule has 2 N–H and O–H groups in total. The average Bonchev–Trinajstić information content (AvgIpc) is 2.48. The Morgan fingerprint density at radius 1 is 1.10 bits per heavy atom. The highest BCUT2D eigenvalue weighted by Crippen LogP contribution is 2.33. The fraction of sp³-hybridized carbons (Fsp3) is 0.611. The first-order chi connectivity index (χ1) is 10.1. The van der Waals surface area contributed by atoms with Crippen molar-refractivity contribution in [2.24, 2.45) is 0 Å². The summed E-state index contributed by atoms with van der Waals surface area (Å²) in [5.74, 6) is 0.622. The van der Waals surface area contributed by atoms with Crippen LogP contribution in [0.2, 0.25) is 0 Å². The van der Waals surface area contributed by atoms with Crippen LogP contribution in [0.25, 0.3) is 0 Å². The van der Waals surface area contributed by atoms with Crippen LogP contribution in [0.3, 0.4) is 0 Å². The van der Waals surface area contributed by atoms with Crippen LogP contribution in [0.4, 0.5) is 0 Å². The van der Waals surface area contributed by atoms with E-state index in [1.807, 2.05) is 20.8 Å². The van der Waals surface area contributed by atoms with E-state index < -0.39 is 0 Å². The third-order valence-electron chi connectivity index (χ3n) is 4.28. The van der Waals surface area contributed by atoms with Gasteiger partial charge in [0.15, 0.2) is 0 Å². The van der Waals surface area contributed by atoms with E-state index in [1.54, 1.807) is 0 Å². The second kappa shape index (κ2) is 7.60. The Balaban J connectivity index is 2.01. The monoisotopic (exact) mass is 288 g/mol. The summed E-state index contributed by atoms with van der Waals surface area (Å²) < 4.78 is 0. The number of carbonyl (C=O) groups excluding carboxylic acids is 1. The molecule has 0 aromatic heterocycles. The van der Waals surface area contributed by atoms with Gasteiger partial charge in [0.25, 0.3) is 0 Å². The Hall–Kier alpha value is -1.35. The summed E-state index contributed by atoms with van der Waals surface area (Å²) >= 11 is 0. The van der Waals surface area contributed by atoms with Gasteiger partial charge >= 0.3 is 0 Å². The molecule has 1 aliphatic carbocycles. The van der Waals surface area contributed by atoms with Crippen molar-refractivity contribution in [1.29, 1.82) is 0 Å². The molecule has 1 aliphatic rings. The smallest absolute Gasteiger partial charge is 0.237 e. The first-order valence-electron chi connectivity index (χ1n) is 8.19. The number of hydrogen-bond donors (Lipinski definition) is 2. The molecule has 0 radical (unpaired) electrons. The van der Waals surface area contributed by atoms with Gasteiger partial charge in [-0.3, -0.25) is 4.79 Å². The van der Waals surface area contributed by atoms with Gasteiger partial charge in [0.2, 0.25) is 5.91 Å². The maximum absolute atomic E-state index is 12.1. The van der Waals surface area contributed by atoms with E-state index in [0.717, 1.165) is 6.42 Å². The second-order valence-electron chi connectivity index (χ2n) is 6.46. The van der Waals surface area contributed by atoms with Gasteiger partial charge < -0.3 is 10.6 Å². The molecule has 3 atom stereocenters. The number of nitrogens with one attached hydrogen (secondary N) is 2. The third kappa shape index (κ3) is 4.57. The number of rotatable bonds is 5. The minimum absolute atomic E-state index is 0.0994. The van der Waals surface area contributed by atoms with Gasteiger partial charge in [-0.05, 0) is 45.1 Å². The molecule has 116 valence electrons. The number of benzene rings is 1. The first kappa shape index (κ1) is 16.0. The Kier molecular flexibility index (Phi) is 5.80. The van der Waals surface area contributed by atoms with Crippen LogP contribution >= 0.6 is 0 Å². The molecule has 0 saturated heterocycles. The molecule has 0 heterocycles. The molecule has 0 spiro atoms. The van der Waals surface area contributed by atoms with Crippen molar-refractivity contribution in [1.82, 2.24) is 10.6 Å². The van der Waals surface area contributed by atoms with Crippen LogP contribution in [0, 0.1) is 0 Å². The zero-order chi connectivity index (χ0) is 15.2. The molecule has 0 bridgehead atoms. The van der Waals surface area contributed by atoms with Crippen LogP contribution in [0.15, 0.2) is 30.3 Å². The van der Waals surface area contributed by atoms with Crippen molar-refractivity contribution in [3.05, 3.63) is 35.9 Å². The minimum atomic E-state index is -0.137. The third-order valence-corrected chi connectivity index (χ3v) is 4.28. The Morgan fingerprint density at radius 2 is 1.76 bits per heavy atom. The highest BCUT2D eigenvalue weighted by Gasteiger charge is 2.28. The fourth-order valence-electron chi connectivity index (χ4n) is 3.24. The molecule has 1 fully saturated rings.